The summed E-state index contributed by atoms with van der Waals surface area (Å²) in [7, 11) is 0. The topological polar surface area (TPSA) is 35.9 Å². The predicted molar refractivity (Wildman–Crippen MR) is 267 cm³/mol. The fraction of sp³-hybridized carbons (Fsp3) is 0.200. The van der Waals surface area contributed by atoms with Crippen LogP contribution in [0.1, 0.15) is 79.0 Å². The number of aromatic nitrogens is 4. The Morgan fingerprint density at radius 2 is 1.14 bits per heavy atom. The molecule has 0 fully saturated rings. The van der Waals surface area contributed by atoms with E-state index in [0.717, 1.165) is 66.7 Å². The van der Waals surface area contributed by atoms with Gasteiger partial charge in [0.05, 0.1) is 16.7 Å². The van der Waals surface area contributed by atoms with Crippen molar-refractivity contribution in [3.63, 3.8) is 0 Å². The maximum atomic E-state index is 6.67. The van der Waals surface area contributed by atoms with Gasteiger partial charge in [0, 0.05) is 44.3 Å². The SMILES string of the molecule is CC(C)(C)c1cc(-c2cccc(-c3ccccc3)c2-[n+]2[c-]n(-c3[c-]c(Oc4[c-]c5c(cc4)c4ccccc4n5-c4cc(C(C)(C)C)ccn4)ccc3)c3ccccc32)cc(C(C)(C)C)c1.[Pt]. The Hall–Kier alpha value is -6.55. The van der Waals surface area contributed by atoms with Gasteiger partial charge in [0.2, 0.25) is 0 Å². The van der Waals surface area contributed by atoms with Crippen LogP contribution in [0.5, 0.6) is 11.5 Å². The zero-order valence-electron chi connectivity index (χ0n) is 39.1. The summed E-state index contributed by atoms with van der Waals surface area (Å²) in [6, 6.07) is 63.1. The molecule has 5 nitrogen and oxygen atoms in total. The van der Waals surface area contributed by atoms with Crippen molar-refractivity contribution < 1.29 is 30.4 Å². The zero-order valence-corrected chi connectivity index (χ0v) is 41.4. The number of benzene rings is 7. The normalized spacial score (nSPS) is 12.2. The molecule has 0 aliphatic heterocycles. The maximum Gasteiger partial charge on any atom is 0.268 e. The zero-order chi connectivity index (χ0) is 45.3. The van der Waals surface area contributed by atoms with Crippen molar-refractivity contribution >= 4 is 32.8 Å². The van der Waals surface area contributed by atoms with Crippen LogP contribution in [0.2, 0.25) is 0 Å². The maximum absolute atomic E-state index is 6.67. The van der Waals surface area contributed by atoms with Gasteiger partial charge in [0.1, 0.15) is 5.82 Å². The number of hydrogen-bond donors (Lipinski definition) is 0. The Morgan fingerprint density at radius 3 is 1.85 bits per heavy atom. The molecule has 0 aliphatic carbocycles. The summed E-state index contributed by atoms with van der Waals surface area (Å²) < 4.78 is 13.2. The van der Waals surface area contributed by atoms with Gasteiger partial charge >= 0.3 is 0 Å². The number of imidazole rings is 1. The molecule has 0 unspecified atom stereocenters. The summed E-state index contributed by atoms with van der Waals surface area (Å²) in [6.45, 7) is 20.5. The molecule has 0 saturated heterocycles. The summed E-state index contributed by atoms with van der Waals surface area (Å²) in [5.74, 6) is 2.01. The van der Waals surface area contributed by atoms with Gasteiger partial charge in [-0.25, -0.2) is 4.98 Å². The van der Waals surface area contributed by atoms with Crippen LogP contribution >= 0.6 is 0 Å². The smallest absolute Gasteiger partial charge is 0.268 e. The van der Waals surface area contributed by atoms with Crippen LogP contribution in [-0.4, -0.2) is 14.1 Å². The number of hydrogen-bond acceptors (Lipinski definition) is 2. The molecule has 0 aliphatic rings. The average Bonchev–Trinajstić information content (AvgIpc) is 3.84. The Balaban J connectivity index is 0.00000548. The van der Waals surface area contributed by atoms with Gasteiger partial charge in [-0.3, -0.25) is 4.57 Å². The number of fused-ring (bicyclic) bond motifs is 4. The molecule has 10 aromatic rings. The second-order valence-electron chi connectivity index (χ2n) is 20.2. The molecule has 3 aromatic heterocycles. The minimum atomic E-state index is -0.0391. The van der Waals surface area contributed by atoms with E-state index < -0.39 is 0 Å². The van der Waals surface area contributed by atoms with Crippen LogP contribution in [0.25, 0.3) is 72.3 Å². The Labute approximate surface area is 403 Å². The largest absolute Gasteiger partial charge is 0.510 e. The summed E-state index contributed by atoms with van der Waals surface area (Å²) in [6.07, 6.45) is 5.73. The van der Waals surface area contributed by atoms with Gasteiger partial charge in [-0.05, 0) is 84.5 Å². The van der Waals surface area contributed by atoms with Gasteiger partial charge in [0.25, 0.3) is 6.33 Å². The predicted octanol–water partition coefficient (Wildman–Crippen LogP) is 14.8. The minimum Gasteiger partial charge on any atom is -0.510 e. The fourth-order valence-electron chi connectivity index (χ4n) is 8.84. The van der Waals surface area contributed by atoms with Crippen LogP contribution in [0.3, 0.4) is 0 Å². The number of rotatable bonds is 7. The van der Waals surface area contributed by atoms with Crippen molar-refractivity contribution in [2.45, 2.75) is 78.6 Å². The first-order valence-electron chi connectivity index (χ1n) is 22.5. The van der Waals surface area contributed by atoms with E-state index in [1.165, 1.54) is 22.3 Å². The minimum absolute atomic E-state index is 0. The molecular weight excluding hydrogens is 988 g/mol. The standard InChI is InChI=1S/C60H54N4O.Pt/c1-58(2,3)42-31-32-61-56(36-42)64-52-26-14-13-23-50(52)51-30-29-47(38-55(51)64)65-46-22-17-21-45(37-46)62-39-63(54-28-16-15-27-53(54)62)57-48(40-19-11-10-12-20-40)24-18-25-49(57)41-33-43(59(4,5)6)35-44(34-41)60(7,8)9;/h10-36H,1-9H3;/q-2;. The van der Waals surface area contributed by atoms with E-state index in [1.54, 1.807) is 0 Å². The Kier molecular flexibility index (Phi) is 11.5. The van der Waals surface area contributed by atoms with Crippen molar-refractivity contribution in [2.24, 2.45) is 0 Å². The van der Waals surface area contributed by atoms with Gasteiger partial charge in [-0.2, -0.15) is 18.2 Å². The van der Waals surface area contributed by atoms with Crippen molar-refractivity contribution in [3.8, 4) is 50.9 Å². The average molecular weight is 1040 g/mol. The van der Waals surface area contributed by atoms with Gasteiger partial charge in [-0.15, -0.1) is 29.7 Å². The molecule has 3 heterocycles. The van der Waals surface area contributed by atoms with Gasteiger partial charge < -0.3 is 13.9 Å². The van der Waals surface area contributed by atoms with Crippen molar-refractivity contribution in [1.82, 2.24) is 14.1 Å². The van der Waals surface area contributed by atoms with Crippen LogP contribution in [0.4, 0.5) is 0 Å². The molecule has 0 spiro atoms. The van der Waals surface area contributed by atoms with E-state index >= 15 is 0 Å². The summed E-state index contributed by atoms with van der Waals surface area (Å²) >= 11 is 0. The molecule has 0 atom stereocenters. The molecule has 0 amide bonds. The van der Waals surface area contributed by atoms with E-state index in [2.05, 4.69) is 234 Å². The number of ether oxygens (including phenoxy) is 1. The van der Waals surface area contributed by atoms with Crippen LogP contribution in [0.15, 0.2) is 164 Å². The molecule has 0 bridgehead atoms. The van der Waals surface area contributed by atoms with E-state index in [0.29, 0.717) is 11.5 Å². The Bertz CT molecular complexity index is 3380. The molecule has 6 heteroatoms. The second-order valence-corrected chi connectivity index (χ2v) is 20.2. The monoisotopic (exact) mass is 1040 g/mol. The quantitative estimate of drug-likeness (QED) is 0.118. The van der Waals surface area contributed by atoms with E-state index in [4.69, 9.17) is 9.72 Å². The summed E-state index contributed by atoms with van der Waals surface area (Å²) in [5, 5.41) is 2.22. The molecule has 10 rings (SSSR count). The number of para-hydroxylation sites is 4. The second kappa shape index (κ2) is 17.0. The van der Waals surface area contributed by atoms with Gasteiger partial charge in [-0.1, -0.05) is 177 Å². The molecule has 332 valence electrons. The molecule has 0 N–H and O–H groups in total. The van der Waals surface area contributed by atoms with Crippen molar-refractivity contribution in [1.29, 1.82) is 0 Å². The molecule has 0 saturated carbocycles. The van der Waals surface area contributed by atoms with Gasteiger partial charge in [0.15, 0.2) is 0 Å². The van der Waals surface area contributed by atoms with Crippen molar-refractivity contribution in [2.75, 3.05) is 0 Å². The summed E-state index contributed by atoms with van der Waals surface area (Å²) in [5.41, 5.74) is 14.2. The third-order valence-electron chi connectivity index (χ3n) is 12.5. The third kappa shape index (κ3) is 8.31. The first-order chi connectivity index (χ1) is 31.1. The van der Waals surface area contributed by atoms with Crippen LogP contribution in [-0.2, 0) is 37.3 Å². The first kappa shape index (κ1) is 44.6. The third-order valence-corrected chi connectivity index (χ3v) is 12.5. The van der Waals surface area contributed by atoms with E-state index in [-0.39, 0.29) is 37.3 Å². The number of pyridine rings is 1. The molecule has 7 aromatic carbocycles. The first-order valence-corrected chi connectivity index (χ1v) is 22.5. The fourth-order valence-corrected chi connectivity index (χ4v) is 8.84. The number of nitrogens with zero attached hydrogens (tertiary/aromatic N) is 4. The van der Waals surface area contributed by atoms with E-state index in [1.807, 2.05) is 24.4 Å². The Morgan fingerprint density at radius 1 is 0.515 bits per heavy atom. The molecular formula is C60H54N4OPt-2. The van der Waals surface area contributed by atoms with Crippen molar-refractivity contribution in [3.05, 3.63) is 199 Å². The molecule has 0 radical (unpaired) electrons. The van der Waals surface area contributed by atoms with Crippen LogP contribution in [0, 0.1) is 18.5 Å². The summed E-state index contributed by atoms with van der Waals surface area (Å²) in [4.78, 5) is 4.86. The molecule has 66 heavy (non-hydrogen) atoms. The van der Waals surface area contributed by atoms with E-state index in [9.17, 15) is 0 Å². The van der Waals surface area contributed by atoms with Crippen LogP contribution < -0.4 is 9.30 Å².